The van der Waals surface area contributed by atoms with Gasteiger partial charge in [0.05, 0.1) is 17.3 Å². The maximum atomic E-state index is 5.35. The fourth-order valence-corrected chi connectivity index (χ4v) is 2.68. The normalized spacial score (nSPS) is 12.2. The summed E-state index contributed by atoms with van der Waals surface area (Å²) in [6.45, 7) is 2.90. The fourth-order valence-electron chi connectivity index (χ4n) is 1.79. The van der Waals surface area contributed by atoms with Crippen LogP contribution in [0.5, 0.6) is 5.75 Å². The molecule has 2 rings (SSSR count). The van der Waals surface area contributed by atoms with Crippen molar-refractivity contribution in [1.29, 1.82) is 0 Å². The summed E-state index contributed by atoms with van der Waals surface area (Å²) in [6.07, 6.45) is 6.41. The Labute approximate surface area is 123 Å². The second-order valence-corrected chi connectivity index (χ2v) is 5.30. The number of nitrogens with zero attached hydrogens (tertiary/aromatic N) is 1. The van der Waals surface area contributed by atoms with Crippen LogP contribution in [0.2, 0.25) is 0 Å². The van der Waals surface area contributed by atoms with E-state index in [1.165, 1.54) is 5.57 Å². The third-order valence-corrected chi connectivity index (χ3v) is 3.94. The lowest BCUT2D eigenvalue weighted by Crippen LogP contribution is -2.03. The molecule has 1 heterocycles. The molecule has 5 heteroatoms. The largest absolute Gasteiger partial charge is 0.497 e. The lowest BCUT2D eigenvalue weighted by atomic mass is 10.2. The van der Waals surface area contributed by atoms with Crippen molar-refractivity contribution in [3.63, 3.8) is 0 Å². The van der Waals surface area contributed by atoms with E-state index >= 15 is 0 Å². The lowest BCUT2D eigenvalue weighted by molar-refractivity contribution is 0.415. The van der Waals surface area contributed by atoms with Gasteiger partial charge in [-0.2, -0.15) is 0 Å². The zero-order chi connectivity index (χ0) is 14.4. The molecule has 2 aromatic rings. The summed E-state index contributed by atoms with van der Waals surface area (Å²) in [4.78, 5) is 4.56. The molecule has 0 saturated heterocycles. The summed E-state index contributed by atoms with van der Waals surface area (Å²) in [5, 5.41) is 4.28. The summed E-state index contributed by atoms with van der Waals surface area (Å²) >= 11 is 1.63. The first-order chi connectivity index (χ1) is 9.76. The maximum absolute atomic E-state index is 5.35. The molecule has 0 saturated carbocycles. The molecule has 0 spiro atoms. The van der Waals surface area contributed by atoms with Crippen LogP contribution < -0.4 is 15.8 Å². The highest BCUT2D eigenvalue weighted by atomic mass is 32.1. The Hall–Kier alpha value is -2.01. The molecule has 3 N–H and O–H groups in total. The molecule has 0 atom stereocenters. The molecule has 0 aliphatic rings. The van der Waals surface area contributed by atoms with Crippen molar-refractivity contribution in [2.24, 2.45) is 5.73 Å². The highest BCUT2D eigenvalue weighted by Gasteiger charge is 2.05. The number of rotatable bonds is 6. The highest BCUT2D eigenvalue weighted by Crippen LogP contribution is 2.29. The van der Waals surface area contributed by atoms with E-state index in [-0.39, 0.29) is 0 Å². The van der Waals surface area contributed by atoms with Crippen molar-refractivity contribution < 1.29 is 4.74 Å². The number of ether oxygens (including phenoxy) is 1. The molecule has 0 radical (unpaired) electrons. The van der Waals surface area contributed by atoms with Gasteiger partial charge in [0, 0.05) is 6.54 Å². The third kappa shape index (κ3) is 3.51. The van der Waals surface area contributed by atoms with Crippen LogP contribution in [0.4, 0.5) is 5.13 Å². The fraction of sp³-hybridized carbons (Fsp3) is 0.267. The van der Waals surface area contributed by atoms with Gasteiger partial charge in [0.2, 0.25) is 0 Å². The molecule has 106 valence electrons. The number of fused-ring (bicyclic) bond motifs is 1. The Morgan fingerprint density at radius 1 is 1.50 bits per heavy atom. The van der Waals surface area contributed by atoms with Crippen LogP contribution in [0.25, 0.3) is 10.2 Å². The summed E-state index contributed by atoms with van der Waals surface area (Å²) in [5.41, 5.74) is 7.62. The Morgan fingerprint density at radius 3 is 3.05 bits per heavy atom. The van der Waals surface area contributed by atoms with Gasteiger partial charge < -0.3 is 15.8 Å². The van der Waals surface area contributed by atoms with Gasteiger partial charge >= 0.3 is 0 Å². The van der Waals surface area contributed by atoms with Crippen LogP contribution in [0.3, 0.4) is 0 Å². The van der Waals surface area contributed by atoms with Crippen molar-refractivity contribution in [3.05, 3.63) is 42.1 Å². The number of nitrogens with two attached hydrogens (primary N) is 1. The lowest BCUT2D eigenvalue weighted by Gasteiger charge is -2.04. The summed E-state index contributed by atoms with van der Waals surface area (Å²) in [5.74, 6) is 0.856. The predicted molar refractivity (Wildman–Crippen MR) is 86.4 cm³/mol. The second-order valence-electron chi connectivity index (χ2n) is 4.27. The molecular weight excluding hydrogens is 270 g/mol. The number of hydrogen-bond acceptors (Lipinski definition) is 5. The van der Waals surface area contributed by atoms with Crippen LogP contribution in [-0.2, 0) is 0 Å². The first-order valence-corrected chi connectivity index (χ1v) is 7.33. The quantitative estimate of drug-likeness (QED) is 0.799. The molecule has 0 fully saturated rings. The second kappa shape index (κ2) is 6.96. The SMILES string of the molecule is CC/C(=C\C=C/N)CNc1nc2ccc(OC)cc2s1. The van der Waals surface area contributed by atoms with Gasteiger partial charge in [-0.15, -0.1) is 0 Å². The average molecular weight is 289 g/mol. The molecule has 1 aromatic heterocycles. The first-order valence-electron chi connectivity index (χ1n) is 6.51. The van der Waals surface area contributed by atoms with E-state index in [1.807, 2.05) is 30.4 Å². The van der Waals surface area contributed by atoms with Gasteiger partial charge in [0.15, 0.2) is 5.13 Å². The number of benzene rings is 1. The number of thiazole rings is 1. The van der Waals surface area contributed by atoms with Gasteiger partial charge in [-0.05, 0) is 36.9 Å². The molecule has 1 aromatic carbocycles. The monoisotopic (exact) mass is 289 g/mol. The first kappa shape index (κ1) is 14.4. The molecule has 0 aliphatic carbocycles. The Balaban J connectivity index is 2.10. The number of allylic oxidation sites excluding steroid dienone is 2. The Kier molecular flexibility index (Phi) is 5.01. The smallest absolute Gasteiger partial charge is 0.184 e. The van der Waals surface area contributed by atoms with Gasteiger partial charge in [-0.1, -0.05) is 29.9 Å². The zero-order valence-electron chi connectivity index (χ0n) is 11.7. The minimum atomic E-state index is 0.776. The standard InChI is InChI=1S/C15H19N3OS/c1-3-11(5-4-8-16)10-17-15-18-13-7-6-12(19-2)9-14(13)20-15/h4-9H,3,10,16H2,1-2H3,(H,17,18)/b8-4-,11-5+. The van der Waals surface area contributed by atoms with Crippen molar-refractivity contribution in [2.45, 2.75) is 13.3 Å². The minimum absolute atomic E-state index is 0.776. The van der Waals surface area contributed by atoms with Gasteiger partial charge in [-0.3, -0.25) is 0 Å². The van der Waals surface area contributed by atoms with E-state index in [0.29, 0.717) is 0 Å². The zero-order valence-corrected chi connectivity index (χ0v) is 12.5. The highest BCUT2D eigenvalue weighted by molar-refractivity contribution is 7.22. The van der Waals surface area contributed by atoms with E-state index in [2.05, 4.69) is 17.2 Å². The van der Waals surface area contributed by atoms with Crippen LogP contribution in [0.15, 0.2) is 42.1 Å². The van der Waals surface area contributed by atoms with Crippen molar-refractivity contribution >= 4 is 26.7 Å². The van der Waals surface area contributed by atoms with Crippen LogP contribution in [0, 0.1) is 0 Å². The minimum Gasteiger partial charge on any atom is -0.497 e. The van der Waals surface area contributed by atoms with Gasteiger partial charge in [-0.25, -0.2) is 4.98 Å². The maximum Gasteiger partial charge on any atom is 0.184 e. The Morgan fingerprint density at radius 2 is 2.35 bits per heavy atom. The van der Waals surface area contributed by atoms with E-state index in [0.717, 1.165) is 34.1 Å². The molecule has 0 bridgehead atoms. The molecule has 0 aliphatic heterocycles. The van der Waals surface area contributed by atoms with Crippen LogP contribution >= 0.6 is 11.3 Å². The summed E-state index contributed by atoms with van der Waals surface area (Å²) in [6, 6.07) is 5.91. The number of aromatic nitrogens is 1. The van der Waals surface area contributed by atoms with Crippen molar-refractivity contribution in [2.75, 3.05) is 19.0 Å². The molecule has 0 unspecified atom stereocenters. The molecule has 4 nitrogen and oxygen atoms in total. The average Bonchev–Trinajstić information content (AvgIpc) is 2.89. The van der Waals surface area contributed by atoms with Crippen molar-refractivity contribution in [1.82, 2.24) is 4.98 Å². The predicted octanol–water partition coefficient (Wildman–Crippen LogP) is 3.53. The number of anilines is 1. The van der Waals surface area contributed by atoms with E-state index < -0.39 is 0 Å². The number of methoxy groups -OCH3 is 1. The number of nitrogens with one attached hydrogen (secondary N) is 1. The molecular formula is C15H19N3OS. The molecule has 20 heavy (non-hydrogen) atoms. The third-order valence-electron chi connectivity index (χ3n) is 2.96. The summed E-state index contributed by atoms with van der Waals surface area (Å²) < 4.78 is 6.34. The van der Waals surface area contributed by atoms with Gasteiger partial charge in [0.1, 0.15) is 5.75 Å². The Bertz CT molecular complexity index is 631. The van der Waals surface area contributed by atoms with Crippen LogP contribution in [0.1, 0.15) is 13.3 Å². The number of hydrogen-bond donors (Lipinski definition) is 2. The molecule has 0 amide bonds. The van der Waals surface area contributed by atoms with Gasteiger partial charge in [0.25, 0.3) is 0 Å². The van der Waals surface area contributed by atoms with Crippen molar-refractivity contribution in [3.8, 4) is 5.75 Å². The van der Waals surface area contributed by atoms with Crippen LogP contribution in [-0.4, -0.2) is 18.6 Å². The topological polar surface area (TPSA) is 60.2 Å². The van der Waals surface area contributed by atoms with E-state index in [4.69, 9.17) is 10.5 Å². The van der Waals surface area contributed by atoms with E-state index in [9.17, 15) is 0 Å². The van der Waals surface area contributed by atoms with E-state index in [1.54, 1.807) is 24.6 Å². The summed E-state index contributed by atoms with van der Waals surface area (Å²) in [7, 11) is 1.67.